The van der Waals surface area contributed by atoms with Crippen molar-refractivity contribution in [3.8, 4) is 0 Å². The Hall–Kier alpha value is -0.120. The lowest BCUT2D eigenvalue weighted by Gasteiger charge is -2.34. The molecule has 1 fully saturated rings. The molecule has 0 aliphatic heterocycles. The van der Waals surface area contributed by atoms with E-state index in [9.17, 15) is 5.11 Å². The van der Waals surface area contributed by atoms with Gasteiger partial charge in [0.1, 0.15) is 0 Å². The molecule has 1 saturated carbocycles. The van der Waals surface area contributed by atoms with Crippen LogP contribution in [-0.2, 0) is 0 Å². The molecule has 1 aliphatic rings. The number of aliphatic hydroxyl groups is 1. The van der Waals surface area contributed by atoms with Crippen LogP contribution < -0.4 is 11.1 Å². The summed E-state index contributed by atoms with van der Waals surface area (Å²) in [6.07, 6.45) is 4.50. The number of nitrogens with one attached hydrogen (secondary N) is 1. The summed E-state index contributed by atoms with van der Waals surface area (Å²) in [6.45, 7) is 5.73. The highest BCUT2D eigenvalue weighted by Gasteiger charge is 2.26. The third-order valence-corrected chi connectivity index (χ3v) is 3.32. The molecule has 0 aromatic carbocycles. The maximum atomic E-state index is 9.78. The summed E-state index contributed by atoms with van der Waals surface area (Å²) >= 11 is 0. The molecule has 1 unspecified atom stereocenters. The first kappa shape index (κ1) is 12.0. The number of hydrogen-bond donors (Lipinski definition) is 3. The molecule has 1 atom stereocenters. The Kier molecular flexibility index (Phi) is 3.93. The van der Waals surface area contributed by atoms with E-state index < -0.39 is 5.60 Å². The van der Waals surface area contributed by atoms with Crippen molar-refractivity contribution in [3.63, 3.8) is 0 Å². The smallest absolute Gasteiger partial charge is 0.0741 e. The molecule has 0 saturated heterocycles. The second-order valence-corrected chi connectivity index (χ2v) is 5.15. The normalized spacial score (nSPS) is 31.5. The van der Waals surface area contributed by atoms with Crippen molar-refractivity contribution in [3.05, 3.63) is 0 Å². The fraction of sp³-hybridized carbons (Fsp3) is 1.00. The van der Waals surface area contributed by atoms with Crippen LogP contribution in [-0.4, -0.2) is 28.8 Å². The molecule has 0 radical (unpaired) electrons. The fourth-order valence-electron chi connectivity index (χ4n) is 1.84. The zero-order valence-electron chi connectivity index (χ0n) is 9.59. The van der Waals surface area contributed by atoms with Crippen LogP contribution in [0.5, 0.6) is 0 Å². The van der Waals surface area contributed by atoms with Crippen molar-refractivity contribution in [2.75, 3.05) is 0 Å². The number of nitrogens with two attached hydrogens (primary N) is 1. The minimum atomic E-state index is -0.639. The molecule has 3 heteroatoms. The molecule has 0 spiro atoms. The van der Waals surface area contributed by atoms with Gasteiger partial charge in [-0.25, -0.2) is 0 Å². The first-order valence-electron chi connectivity index (χ1n) is 5.63. The molecule has 0 aromatic rings. The van der Waals surface area contributed by atoms with Crippen molar-refractivity contribution in [1.82, 2.24) is 5.32 Å². The highest BCUT2D eigenvalue weighted by molar-refractivity contribution is 4.86. The van der Waals surface area contributed by atoms with Gasteiger partial charge in [-0.2, -0.15) is 0 Å². The summed E-state index contributed by atoms with van der Waals surface area (Å²) in [5, 5.41) is 13.3. The molecular weight excluding hydrogens is 176 g/mol. The fourth-order valence-corrected chi connectivity index (χ4v) is 1.84. The summed E-state index contributed by atoms with van der Waals surface area (Å²) in [7, 11) is 0. The molecule has 0 amide bonds. The second-order valence-electron chi connectivity index (χ2n) is 5.15. The Morgan fingerprint density at radius 3 is 2.21 bits per heavy atom. The average molecular weight is 200 g/mol. The zero-order chi connectivity index (χ0) is 10.8. The lowest BCUT2D eigenvalue weighted by molar-refractivity contribution is 0.0374. The molecule has 14 heavy (non-hydrogen) atoms. The first-order valence-corrected chi connectivity index (χ1v) is 5.63. The van der Waals surface area contributed by atoms with Crippen molar-refractivity contribution >= 4 is 0 Å². The largest absolute Gasteiger partial charge is 0.389 e. The van der Waals surface area contributed by atoms with Gasteiger partial charge in [-0.15, -0.1) is 0 Å². The van der Waals surface area contributed by atoms with Gasteiger partial charge in [0.25, 0.3) is 0 Å². The molecular formula is C11H24N2O. The van der Waals surface area contributed by atoms with Crippen LogP contribution in [0.25, 0.3) is 0 Å². The van der Waals surface area contributed by atoms with E-state index >= 15 is 0 Å². The molecule has 1 rings (SSSR count). The van der Waals surface area contributed by atoms with Gasteiger partial charge in [0.2, 0.25) is 0 Å². The van der Waals surface area contributed by atoms with Crippen LogP contribution in [0.4, 0.5) is 0 Å². The monoisotopic (exact) mass is 200 g/mol. The summed E-state index contributed by atoms with van der Waals surface area (Å²) in [6, 6.07) is 1.07. The highest BCUT2D eigenvalue weighted by Crippen LogP contribution is 2.19. The Morgan fingerprint density at radius 1 is 1.29 bits per heavy atom. The molecule has 84 valence electrons. The minimum Gasteiger partial charge on any atom is -0.389 e. The van der Waals surface area contributed by atoms with Gasteiger partial charge in [0.15, 0.2) is 0 Å². The lowest BCUT2D eigenvalue weighted by Crippen LogP contribution is -2.50. The molecule has 0 bridgehead atoms. The zero-order valence-corrected chi connectivity index (χ0v) is 9.59. The van der Waals surface area contributed by atoms with E-state index in [1.807, 2.05) is 20.8 Å². The van der Waals surface area contributed by atoms with E-state index in [0.29, 0.717) is 12.1 Å². The number of hydrogen-bond acceptors (Lipinski definition) is 3. The van der Waals surface area contributed by atoms with Crippen LogP contribution in [0, 0.1) is 0 Å². The van der Waals surface area contributed by atoms with Crippen molar-refractivity contribution in [2.45, 2.75) is 70.2 Å². The molecule has 0 heterocycles. The van der Waals surface area contributed by atoms with Crippen LogP contribution in [0.15, 0.2) is 0 Å². The molecule has 0 aromatic heterocycles. The van der Waals surface area contributed by atoms with Gasteiger partial charge in [-0.05, 0) is 46.5 Å². The maximum absolute atomic E-state index is 9.78. The third kappa shape index (κ3) is 3.56. The summed E-state index contributed by atoms with van der Waals surface area (Å²) in [5.74, 6) is 0. The van der Waals surface area contributed by atoms with E-state index in [2.05, 4.69) is 5.32 Å². The minimum absolute atomic E-state index is 0.141. The summed E-state index contributed by atoms with van der Waals surface area (Å²) < 4.78 is 0. The standard InChI is InChI=1S/C11H24N2O/c1-8(11(2,3)14)13-10-6-4-9(12)5-7-10/h8-10,13-14H,4-7,12H2,1-3H3. The second kappa shape index (κ2) is 4.60. The molecule has 4 N–H and O–H groups in total. The molecule has 1 aliphatic carbocycles. The Bertz CT molecular complexity index is 169. The van der Waals surface area contributed by atoms with Crippen LogP contribution in [0.3, 0.4) is 0 Å². The van der Waals surface area contributed by atoms with Crippen molar-refractivity contribution in [1.29, 1.82) is 0 Å². The van der Waals surface area contributed by atoms with Crippen LogP contribution in [0.2, 0.25) is 0 Å². The Balaban J connectivity index is 2.31. The number of rotatable bonds is 3. The maximum Gasteiger partial charge on any atom is 0.0741 e. The Morgan fingerprint density at radius 2 is 1.79 bits per heavy atom. The predicted molar refractivity (Wildman–Crippen MR) is 59.1 cm³/mol. The predicted octanol–water partition coefficient (Wildman–Crippen LogP) is 1.01. The third-order valence-electron chi connectivity index (χ3n) is 3.32. The van der Waals surface area contributed by atoms with Gasteiger partial charge in [0.05, 0.1) is 5.60 Å². The summed E-state index contributed by atoms with van der Waals surface area (Å²) in [4.78, 5) is 0. The summed E-state index contributed by atoms with van der Waals surface area (Å²) in [5.41, 5.74) is 5.20. The van der Waals surface area contributed by atoms with Gasteiger partial charge >= 0.3 is 0 Å². The SMILES string of the molecule is CC(NC1CCC(N)CC1)C(C)(C)O. The quantitative estimate of drug-likeness (QED) is 0.637. The first-order chi connectivity index (χ1) is 6.39. The van der Waals surface area contributed by atoms with Crippen molar-refractivity contribution in [2.24, 2.45) is 5.73 Å². The molecule has 3 nitrogen and oxygen atoms in total. The van der Waals surface area contributed by atoms with Gasteiger partial charge < -0.3 is 16.2 Å². The van der Waals surface area contributed by atoms with Gasteiger partial charge in [-0.3, -0.25) is 0 Å². The van der Waals surface area contributed by atoms with E-state index in [1.165, 1.54) is 0 Å². The van der Waals surface area contributed by atoms with Gasteiger partial charge in [-0.1, -0.05) is 0 Å². The van der Waals surface area contributed by atoms with Crippen LogP contribution >= 0.6 is 0 Å². The van der Waals surface area contributed by atoms with Gasteiger partial charge in [0, 0.05) is 18.1 Å². The van der Waals surface area contributed by atoms with E-state index in [-0.39, 0.29) is 6.04 Å². The average Bonchev–Trinajstić information content (AvgIpc) is 2.07. The van der Waals surface area contributed by atoms with E-state index in [4.69, 9.17) is 5.73 Å². The lowest BCUT2D eigenvalue weighted by atomic mass is 9.90. The Labute approximate surface area is 87.1 Å². The van der Waals surface area contributed by atoms with E-state index in [1.54, 1.807) is 0 Å². The highest BCUT2D eigenvalue weighted by atomic mass is 16.3. The van der Waals surface area contributed by atoms with E-state index in [0.717, 1.165) is 25.7 Å². The van der Waals surface area contributed by atoms with Crippen LogP contribution in [0.1, 0.15) is 46.5 Å². The topological polar surface area (TPSA) is 58.3 Å². The van der Waals surface area contributed by atoms with Crippen molar-refractivity contribution < 1.29 is 5.11 Å².